The van der Waals surface area contributed by atoms with E-state index in [1.54, 1.807) is 6.07 Å². The van der Waals surface area contributed by atoms with Crippen molar-refractivity contribution in [3.63, 3.8) is 0 Å². The minimum Gasteiger partial charge on any atom is -0.166 e. The van der Waals surface area contributed by atoms with Gasteiger partial charge in [0, 0.05) is 5.88 Å². The van der Waals surface area contributed by atoms with Crippen molar-refractivity contribution in [2.45, 2.75) is 31.5 Å². The zero-order chi connectivity index (χ0) is 14.3. The van der Waals surface area contributed by atoms with Crippen LogP contribution >= 0.6 is 11.6 Å². The molecule has 0 atom stereocenters. The molecule has 0 N–H and O–H groups in total. The summed E-state index contributed by atoms with van der Waals surface area (Å²) in [6, 6.07) is 6.53. The van der Waals surface area contributed by atoms with Crippen LogP contribution in [0.25, 0.3) is 0 Å². The smallest absolute Gasteiger partial charge is 0.166 e. The highest BCUT2D eigenvalue weighted by Gasteiger charge is 2.30. The second-order valence-electron chi connectivity index (χ2n) is 4.59. The number of halogens is 4. The van der Waals surface area contributed by atoms with Crippen molar-refractivity contribution < 1.29 is 13.2 Å². The fraction of sp³-hybridized carbons (Fsp3) is 0.429. The van der Waals surface area contributed by atoms with E-state index in [1.165, 1.54) is 12.1 Å². The van der Waals surface area contributed by atoms with Gasteiger partial charge in [0.1, 0.15) is 0 Å². The number of benzene rings is 1. The molecule has 0 nitrogen and oxygen atoms in total. The molecular formula is C14H18ClF3Si. The lowest BCUT2D eigenvalue weighted by molar-refractivity contribution is -0.137. The lowest BCUT2D eigenvalue weighted by Crippen LogP contribution is -2.17. The first-order chi connectivity index (χ1) is 8.93. The zero-order valence-electron chi connectivity index (χ0n) is 10.8. The largest absolute Gasteiger partial charge is 0.416 e. The molecular weight excluding hydrogens is 289 g/mol. The molecule has 0 fully saturated rings. The normalized spacial score (nSPS) is 12.2. The molecule has 0 unspecified atom stereocenters. The van der Waals surface area contributed by atoms with Crippen LogP contribution in [0.3, 0.4) is 0 Å². The van der Waals surface area contributed by atoms with Crippen LogP contribution in [0.1, 0.15) is 24.8 Å². The van der Waals surface area contributed by atoms with E-state index in [2.05, 4.69) is 6.58 Å². The van der Waals surface area contributed by atoms with Crippen molar-refractivity contribution in [2.24, 2.45) is 0 Å². The molecule has 0 amide bonds. The van der Waals surface area contributed by atoms with E-state index in [9.17, 15) is 13.2 Å². The number of allylic oxidation sites excluding steroid dienone is 1. The van der Waals surface area contributed by atoms with Crippen molar-refractivity contribution in [1.82, 2.24) is 0 Å². The summed E-state index contributed by atoms with van der Waals surface area (Å²) >= 11 is 5.59. The molecule has 5 heteroatoms. The Kier molecular flexibility index (Phi) is 6.65. The van der Waals surface area contributed by atoms with Crippen LogP contribution in [0.2, 0.25) is 6.04 Å². The van der Waals surface area contributed by atoms with Crippen LogP contribution < -0.4 is 5.19 Å². The van der Waals surface area contributed by atoms with E-state index in [0.717, 1.165) is 42.1 Å². The van der Waals surface area contributed by atoms with Crippen LogP contribution in [-0.4, -0.2) is 15.4 Å². The van der Waals surface area contributed by atoms with Gasteiger partial charge in [-0.1, -0.05) is 35.0 Å². The maximum absolute atomic E-state index is 12.6. The lowest BCUT2D eigenvalue weighted by atomic mass is 10.1. The molecule has 1 aromatic carbocycles. The van der Waals surface area contributed by atoms with Gasteiger partial charge in [0.2, 0.25) is 0 Å². The van der Waals surface area contributed by atoms with Gasteiger partial charge in [0.05, 0.1) is 15.1 Å². The highest BCUT2D eigenvalue weighted by atomic mass is 35.5. The Balaban J connectivity index is 2.47. The van der Waals surface area contributed by atoms with Gasteiger partial charge in [-0.15, -0.1) is 18.2 Å². The molecule has 0 spiro atoms. The molecule has 0 aromatic heterocycles. The van der Waals surface area contributed by atoms with Crippen molar-refractivity contribution in [3.05, 3.63) is 42.0 Å². The number of rotatable bonds is 7. The summed E-state index contributed by atoms with van der Waals surface area (Å²) in [5.41, 5.74) is 0.583. The first kappa shape index (κ1) is 16.3. The van der Waals surface area contributed by atoms with Gasteiger partial charge >= 0.3 is 6.18 Å². The molecule has 0 radical (unpaired) electrons. The van der Waals surface area contributed by atoms with E-state index in [0.29, 0.717) is 5.88 Å². The molecule has 0 aliphatic rings. The first-order valence-corrected chi connectivity index (χ1v) is 8.56. The van der Waals surface area contributed by atoms with Crippen LogP contribution in [0, 0.1) is 0 Å². The van der Waals surface area contributed by atoms with Crippen molar-refractivity contribution in [3.8, 4) is 0 Å². The first-order valence-electron chi connectivity index (χ1n) is 6.32. The van der Waals surface area contributed by atoms with Gasteiger partial charge < -0.3 is 0 Å². The van der Waals surface area contributed by atoms with Gasteiger partial charge in [-0.2, -0.15) is 13.2 Å². The Labute approximate surface area is 119 Å². The maximum atomic E-state index is 12.6. The Hall–Kier alpha value is -0.743. The van der Waals surface area contributed by atoms with Gasteiger partial charge in [-0.25, -0.2) is 0 Å². The minimum absolute atomic E-state index is 0.551. The van der Waals surface area contributed by atoms with E-state index < -0.39 is 21.3 Å². The van der Waals surface area contributed by atoms with Crippen LogP contribution in [0.5, 0.6) is 0 Å². The number of hydrogen-bond acceptors (Lipinski definition) is 0. The molecule has 1 aromatic rings. The third-order valence-corrected chi connectivity index (χ3v) is 5.18. The van der Waals surface area contributed by atoms with Crippen LogP contribution in [-0.2, 0) is 6.18 Å². The predicted octanol–water partition coefficient (Wildman–Crippen LogP) is 3.88. The fourth-order valence-electron chi connectivity index (χ4n) is 1.82. The summed E-state index contributed by atoms with van der Waals surface area (Å²) < 4.78 is 37.7. The monoisotopic (exact) mass is 306 g/mol. The SMILES string of the molecule is C=C(CCCCCl)C[SiH2]c1cccc(C(F)(F)F)c1. The second kappa shape index (κ2) is 7.75. The van der Waals surface area contributed by atoms with E-state index >= 15 is 0 Å². The average molecular weight is 307 g/mol. The number of hydrogen-bond donors (Lipinski definition) is 0. The van der Waals surface area contributed by atoms with Crippen LogP contribution in [0.4, 0.5) is 13.2 Å². The molecule has 0 aliphatic heterocycles. The summed E-state index contributed by atoms with van der Waals surface area (Å²) in [4.78, 5) is 0. The van der Waals surface area contributed by atoms with Gasteiger partial charge in [0.25, 0.3) is 0 Å². The van der Waals surface area contributed by atoms with Crippen molar-refractivity contribution in [1.29, 1.82) is 0 Å². The quantitative estimate of drug-likeness (QED) is 0.310. The summed E-state index contributed by atoms with van der Waals surface area (Å²) in [6.45, 7) is 3.98. The highest BCUT2D eigenvalue weighted by Crippen LogP contribution is 2.28. The van der Waals surface area contributed by atoms with Gasteiger partial charge in [0.15, 0.2) is 0 Å². The molecule has 0 heterocycles. The lowest BCUT2D eigenvalue weighted by Gasteiger charge is -2.09. The van der Waals surface area contributed by atoms with Crippen molar-refractivity contribution >= 4 is 26.3 Å². The number of unbranched alkanes of at least 4 members (excludes halogenated alkanes) is 1. The van der Waals surface area contributed by atoms with Gasteiger partial charge in [-0.3, -0.25) is 0 Å². The average Bonchev–Trinajstić information content (AvgIpc) is 2.36. The summed E-state index contributed by atoms with van der Waals surface area (Å²) in [7, 11) is -0.705. The van der Waals surface area contributed by atoms with Gasteiger partial charge in [-0.05, 0) is 25.3 Å². The minimum atomic E-state index is -4.25. The highest BCUT2D eigenvalue weighted by molar-refractivity contribution is 6.54. The summed E-state index contributed by atoms with van der Waals surface area (Å²) in [5.74, 6) is 0.651. The summed E-state index contributed by atoms with van der Waals surface area (Å²) in [5, 5.41) is 0.841. The molecule has 106 valence electrons. The Morgan fingerprint density at radius 1 is 1.26 bits per heavy atom. The standard InChI is InChI=1S/C14H18ClF3Si/c1-11(5-2-3-8-15)10-19-13-7-4-6-12(9-13)14(16,17)18/h4,6-7,9H,1-3,5,8,10,19H2. The molecule has 19 heavy (non-hydrogen) atoms. The predicted molar refractivity (Wildman–Crippen MR) is 78.1 cm³/mol. The zero-order valence-corrected chi connectivity index (χ0v) is 12.9. The topological polar surface area (TPSA) is 0 Å². The fourth-order valence-corrected chi connectivity index (χ4v) is 3.57. The van der Waals surface area contributed by atoms with Crippen LogP contribution in [0.15, 0.2) is 36.4 Å². The molecule has 0 saturated carbocycles. The molecule has 0 bridgehead atoms. The van der Waals surface area contributed by atoms with Crippen molar-refractivity contribution in [2.75, 3.05) is 5.88 Å². The molecule has 1 rings (SSSR count). The Morgan fingerprint density at radius 3 is 2.63 bits per heavy atom. The van der Waals surface area contributed by atoms with E-state index in [4.69, 9.17) is 11.6 Å². The third kappa shape index (κ3) is 6.30. The summed E-state index contributed by atoms with van der Waals surface area (Å²) in [6.07, 6.45) is -1.34. The Morgan fingerprint density at radius 2 is 2.00 bits per heavy atom. The second-order valence-corrected chi connectivity index (χ2v) is 6.79. The van der Waals surface area contributed by atoms with E-state index in [1.807, 2.05) is 0 Å². The number of alkyl halides is 4. The molecule has 0 saturated heterocycles. The Bertz CT molecular complexity index is 415. The van der Waals surface area contributed by atoms with E-state index in [-0.39, 0.29) is 0 Å². The maximum Gasteiger partial charge on any atom is 0.416 e. The molecule has 0 aliphatic carbocycles. The third-order valence-electron chi connectivity index (χ3n) is 2.94.